The lowest BCUT2D eigenvalue weighted by Gasteiger charge is -2.36. The molecule has 21 heavy (non-hydrogen) atoms. The molecule has 2 aromatic rings. The number of nitrogens with zero attached hydrogens (tertiary/aromatic N) is 2. The summed E-state index contributed by atoms with van der Waals surface area (Å²) in [5.41, 5.74) is 0.777. The number of phenolic OH excluding ortho intramolecular Hbond substituents is 1. The molecule has 3 rings (SSSR count). The van der Waals surface area contributed by atoms with Crippen LogP contribution in [0.1, 0.15) is 38.7 Å². The predicted octanol–water partition coefficient (Wildman–Crippen LogP) is 4.14. The van der Waals surface area contributed by atoms with E-state index in [-0.39, 0.29) is 0 Å². The van der Waals surface area contributed by atoms with Gasteiger partial charge in [-0.05, 0) is 44.6 Å². The van der Waals surface area contributed by atoms with Gasteiger partial charge in [-0.25, -0.2) is 0 Å². The Morgan fingerprint density at radius 2 is 1.81 bits per heavy atom. The molecular formula is C18H22N2O. The van der Waals surface area contributed by atoms with Gasteiger partial charge in [-0.2, -0.15) is 5.10 Å². The van der Waals surface area contributed by atoms with Crippen molar-refractivity contribution in [2.45, 2.75) is 45.2 Å². The van der Waals surface area contributed by atoms with Crippen LogP contribution in [0.4, 0.5) is 0 Å². The van der Waals surface area contributed by atoms with Gasteiger partial charge in [-0.1, -0.05) is 30.3 Å². The van der Waals surface area contributed by atoms with Gasteiger partial charge in [0.05, 0.1) is 6.21 Å². The molecule has 0 bridgehead atoms. The Morgan fingerprint density at radius 3 is 2.57 bits per heavy atom. The summed E-state index contributed by atoms with van der Waals surface area (Å²) in [4.78, 5) is 0. The predicted molar refractivity (Wildman–Crippen MR) is 87.8 cm³/mol. The second kappa shape index (κ2) is 5.76. The van der Waals surface area contributed by atoms with Crippen LogP contribution in [-0.4, -0.2) is 28.4 Å². The molecule has 2 atom stereocenters. The van der Waals surface area contributed by atoms with Crippen LogP contribution in [-0.2, 0) is 0 Å². The van der Waals surface area contributed by atoms with Crippen molar-refractivity contribution in [1.82, 2.24) is 5.01 Å². The summed E-state index contributed by atoms with van der Waals surface area (Å²) < 4.78 is 0. The minimum Gasteiger partial charge on any atom is -0.507 e. The third-order valence-electron chi connectivity index (χ3n) is 4.41. The molecule has 1 N–H and O–H groups in total. The number of hydrogen-bond donors (Lipinski definition) is 1. The van der Waals surface area contributed by atoms with Crippen molar-refractivity contribution in [3.05, 3.63) is 42.0 Å². The fraction of sp³-hybridized carbons (Fsp3) is 0.389. The molecule has 3 nitrogen and oxygen atoms in total. The van der Waals surface area contributed by atoms with E-state index in [2.05, 4.69) is 24.0 Å². The Balaban J connectivity index is 1.90. The van der Waals surface area contributed by atoms with Gasteiger partial charge in [0, 0.05) is 23.0 Å². The first kappa shape index (κ1) is 13.9. The Labute approximate surface area is 125 Å². The maximum atomic E-state index is 10.4. The number of aromatic hydroxyl groups is 1. The summed E-state index contributed by atoms with van der Waals surface area (Å²) in [6, 6.07) is 12.8. The summed E-state index contributed by atoms with van der Waals surface area (Å²) in [5, 5.41) is 19.1. The minimum absolute atomic E-state index is 0.314. The molecule has 110 valence electrons. The van der Waals surface area contributed by atoms with Gasteiger partial charge in [-0.3, -0.25) is 5.01 Å². The Bertz CT molecular complexity index is 655. The van der Waals surface area contributed by atoms with Crippen molar-refractivity contribution in [2.75, 3.05) is 0 Å². The number of piperidine rings is 1. The molecule has 0 aliphatic carbocycles. The molecule has 1 fully saturated rings. The molecule has 0 saturated carbocycles. The first-order valence-electron chi connectivity index (χ1n) is 7.70. The zero-order valence-electron chi connectivity index (χ0n) is 12.7. The van der Waals surface area contributed by atoms with Crippen molar-refractivity contribution in [3.63, 3.8) is 0 Å². The first-order chi connectivity index (χ1) is 10.2. The van der Waals surface area contributed by atoms with Crippen molar-refractivity contribution < 1.29 is 5.11 Å². The molecular weight excluding hydrogens is 260 g/mol. The maximum Gasteiger partial charge on any atom is 0.132 e. The Morgan fingerprint density at radius 1 is 1.10 bits per heavy atom. The number of hydrogen-bond acceptors (Lipinski definition) is 3. The van der Waals surface area contributed by atoms with E-state index in [0.717, 1.165) is 16.3 Å². The molecule has 1 saturated heterocycles. The zero-order valence-corrected chi connectivity index (χ0v) is 12.7. The number of hydrazone groups is 1. The smallest absolute Gasteiger partial charge is 0.132 e. The van der Waals surface area contributed by atoms with Crippen LogP contribution in [0.3, 0.4) is 0 Å². The van der Waals surface area contributed by atoms with Crippen LogP contribution in [0.2, 0.25) is 0 Å². The highest BCUT2D eigenvalue weighted by Crippen LogP contribution is 2.28. The van der Waals surface area contributed by atoms with Crippen molar-refractivity contribution in [3.8, 4) is 5.75 Å². The fourth-order valence-corrected chi connectivity index (χ4v) is 3.14. The van der Waals surface area contributed by atoms with E-state index in [4.69, 9.17) is 0 Å². The number of benzene rings is 2. The van der Waals surface area contributed by atoms with Gasteiger partial charge in [0.2, 0.25) is 0 Å². The minimum atomic E-state index is 0.314. The van der Waals surface area contributed by atoms with Crippen LogP contribution < -0.4 is 0 Å². The van der Waals surface area contributed by atoms with Gasteiger partial charge in [0.1, 0.15) is 5.75 Å². The van der Waals surface area contributed by atoms with E-state index in [0.29, 0.717) is 17.8 Å². The standard InChI is InChI=1S/C18H22N2O/c1-13-6-5-7-14(2)20(13)19-12-16-11-10-15-8-3-4-9-17(15)18(16)21/h3-4,8-14,21H,5-7H2,1-2H3/b19-12+/t13-,14+. The molecule has 0 unspecified atom stereocenters. The molecule has 1 heterocycles. The first-order valence-corrected chi connectivity index (χ1v) is 7.70. The van der Waals surface area contributed by atoms with Gasteiger partial charge >= 0.3 is 0 Å². The quantitative estimate of drug-likeness (QED) is 0.840. The van der Waals surface area contributed by atoms with Crippen molar-refractivity contribution in [2.24, 2.45) is 5.10 Å². The van der Waals surface area contributed by atoms with E-state index in [1.165, 1.54) is 19.3 Å². The van der Waals surface area contributed by atoms with Crippen molar-refractivity contribution >= 4 is 17.0 Å². The number of fused-ring (bicyclic) bond motifs is 1. The third kappa shape index (κ3) is 2.73. The number of rotatable bonds is 2. The topological polar surface area (TPSA) is 35.8 Å². The average molecular weight is 282 g/mol. The molecule has 2 aromatic carbocycles. The van der Waals surface area contributed by atoms with E-state index in [1.807, 2.05) is 36.4 Å². The molecule has 0 aromatic heterocycles. The van der Waals surface area contributed by atoms with Crippen LogP contribution in [0.5, 0.6) is 5.75 Å². The highest BCUT2D eigenvalue weighted by molar-refractivity contribution is 5.96. The number of phenols is 1. The molecule has 0 amide bonds. The van der Waals surface area contributed by atoms with Gasteiger partial charge in [0.15, 0.2) is 0 Å². The molecule has 1 aliphatic rings. The summed E-state index contributed by atoms with van der Waals surface area (Å²) in [7, 11) is 0. The summed E-state index contributed by atoms with van der Waals surface area (Å²) in [6.07, 6.45) is 5.44. The van der Waals surface area contributed by atoms with Crippen LogP contribution in [0, 0.1) is 0 Å². The monoisotopic (exact) mass is 282 g/mol. The van der Waals surface area contributed by atoms with Crippen molar-refractivity contribution in [1.29, 1.82) is 0 Å². The van der Waals surface area contributed by atoms with Gasteiger partial charge < -0.3 is 5.11 Å². The van der Waals surface area contributed by atoms with Gasteiger partial charge in [-0.15, -0.1) is 0 Å². The largest absolute Gasteiger partial charge is 0.507 e. The summed E-state index contributed by atoms with van der Waals surface area (Å²) >= 11 is 0. The highest BCUT2D eigenvalue weighted by Gasteiger charge is 2.22. The van der Waals surface area contributed by atoms with Crippen LogP contribution >= 0.6 is 0 Å². The normalized spacial score (nSPS) is 23.0. The SMILES string of the molecule is C[C@@H]1CCC[C@H](C)N1/N=C/c1ccc2ccccc2c1O. The Hall–Kier alpha value is -2.03. The van der Waals surface area contributed by atoms with Crippen LogP contribution in [0.15, 0.2) is 41.5 Å². The van der Waals surface area contributed by atoms with E-state index in [1.54, 1.807) is 6.21 Å². The van der Waals surface area contributed by atoms with Gasteiger partial charge in [0.25, 0.3) is 0 Å². The molecule has 1 aliphatic heterocycles. The second-order valence-electron chi connectivity index (χ2n) is 5.98. The van der Waals surface area contributed by atoms with E-state index < -0.39 is 0 Å². The third-order valence-corrected chi connectivity index (χ3v) is 4.41. The highest BCUT2D eigenvalue weighted by atomic mass is 16.3. The lowest BCUT2D eigenvalue weighted by atomic mass is 10.00. The van der Waals surface area contributed by atoms with E-state index in [9.17, 15) is 5.11 Å². The zero-order chi connectivity index (χ0) is 14.8. The lowest BCUT2D eigenvalue weighted by molar-refractivity contribution is 0.109. The Kier molecular flexibility index (Phi) is 3.82. The fourth-order valence-electron chi connectivity index (χ4n) is 3.14. The molecule has 0 spiro atoms. The average Bonchev–Trinajstić information content (AvgIpc) is 2.49. The molecule has 3 heteroatoms. The maximum absolute atomic E-state index is 10.4. The lowest BCUT2D eigenvalue weighted by Crippen LogP contribution is -2.39. The molecule has 0 radical (unpaired) electrons. The second-order valence-corrected chi connectivity index (χ2v) is 5.98. The summed E-state index contributed by atoms with van der Waals surface area (Å²) in [6.45, 7) is 4.43. The summed E-state index contributed by atoms with van der Waals surface area (Å²) in [5.74, 6) is 0.314. The van der Waals surface area contributed by atoms with E-state index >= 15 is 0 Å². The van der Waals surface area contributed by atoms with Crippen LogP contribution in [0.25, 0.3) is 10.8 Å².